The topological polar surface area (TPSA) is 57.6 Å². The zero-order valence-corrected chi connectivity index (χ0v) is 12.3. The van der Waals surface area contributed by atoms with Gasteiger partial charge in [-0.15, -0.1) is 11.8 Å². The smallest absolute Gasteiger partial charge is 0.397 e. The molecule has 1 aliphatic rings. The molecule has 0 radical (unpaired) electrons. The van der Waals surface area contributed by atoms with Crippen LogP contribution < -0.4 is 0 Å². The number of alkyl halides is 3. The highest BCUT2D eigenvalue weighted by Crippen LogP contribution is 2.29. The number of halogens is 3. The lowest BCUT2D eigenvalue weighted by Gasteiger charge is -2.32. The van der Waals surface area contributed by atoms with Crippen LogP contribution in [-0.4, -0.2) is 46.1 Å². The quantitative estimate of drug-likeness (QED) is 0.920. The summed E-state index contributed by atoms with van der Waals surface area (Å²) in [7, 11) is 0. The van der Waals surface area contributed by atoms with Crippen molar-refractivity contribution in [3.05, 3.63) is 35.4 Å². The number of amides is 1. The maximum absolute atomic E-state index is 12.1. The number of carboxylic acid groups (broad SMARTS) is 1. The van der Waals surface area contributed by atoms with Crippen molar-refractivity contribution in [1.29, 1.82) is 0 Å². The summed E-state index contributed by atoms with van der Waals surface area (Å²) in [6, 6.07) is 6.90. The Bertz CT molecular complexity index is 577. The summed E-state index contributed by atoms with van der Waals surface area (Å²) < 4.78 is 36.3. The summed E-state index contributed by atoms with van der Waals surface area (Å²) in [5, 5.41) is 9.28. The van der Waals surface area contributed by atoms with Gasteiger partial charge >= 0.3 is 12.1 Å². The van der Waals surface area contributed by atoms with Crippen LogP contribution in [0.2, 0.25) is 0 Å². The molecule has 8 heteroatoms. The number of carboxylic acids is 1. The molecule has 1 amide bonds. The number of carbonyl (C=O) groups excluding carboxylic acids is 1. The van der Waals surface area contributed by atoms with Gasteiger partial charge in [-0.2, -0.15) is 13.2 Å². The number of aliphatic carboxylic acids is 1. The van der Waals surface area contributed by atoms with E-state index in [1.54, 1.807) is 24.3 Å². The molecule has 0 aliphatic carbocycles. The SMILES string of the molecule is O=C(O)C1CN(C(=O)CSCC(F)(F)F)Cc2ccccc21. The number of hydrogen-bond acceptors (Lipinski definition) is 3. The van der Waals surface area contributed by atoms with Crippen LogP contribution in [0.15, 0.2) is 24.3 Å². The maximum Gasteiger partial charge on any atom is 0.397 e. The molecule has 1 aliphatic heterocycles. The number of hydrogen-bond donors (Lipinski definition) is 1. The van der Waals surface area contributed by atoms with Crippen molar-refractivity contribution in [3.63, 3.8) is 0 Å². The number of nitrogens with zero attached hydrogens (tertiary/aromatic N) is 1. The normalized spacial score (nSPS) is 18.0. The van der Waals surface area contributed by atoms with Crippen molar-refractivity contribution in [3.8, 4) is 0 Å². The molecule has 0 bridgehead atoms. The van der Waals surface area contributed by atoms with Gasteiger partial charge in [0.15, 0.2) is 0 Å². The van der Waals surface area contributed by atoms with E-state index in [1.807, 2.05) is 0 Å². The Morgan fingerprint density at radius 3 is 2.64 bits per heavy atom. The van der Waals surface area contributed by atoms with Crippen LogP contribution in [0.5, 0.6) is 0 Å². The number of benzene rings is 1. The van der Waals surface area contributed by atoms with Gasteiger partial charge in [0.25, 0.3) is 0 Å². The summed E-state index contributed by atoms with van der Waals surface area (Å²) in [6.07, 6.45) is -4.32. The average molecular weight is 333 g/mol. The third kappa shape index (κ3) is 4.16. The molecular formula is C14H14F3NO3S. The zero-order chi connectivity index (χ0) is 16.3. The predicted molar refractivity (Wildman–Crippen MR) is 75.6 cm³/mol. The first-order valence-electron chi connectivity index (χ1n) is 6.51. The van der Waals surface area contributed by atoms with Gasteiger partial charge < -0.3 is 10.0 Å². The fourth-order valence-corrected chi connectivity index (χ4v) is 3.04. The van der Waals surface area contributed by atoms with Crippen LogP contribution >= 0.6 is 11.8 Å². The highest BCUT2D eigenvalue weighted by molar-refractivity contribution is 8.00. The van der Waals surface area contributed by atoms with Gasteiger partial charge in [-0.1, -0.05) is 24.3 Å². The summed E-state index contributed by atoms with van der Waals surface area (Å²) >= 11 is 0.489. The summed E-state index contributed by atoms with van der Waals surface area (Å²) in [6.45, 7) is 0.211. The second kappa shape index (κ2) is 6.60. The van der Waals surface area contributed by atoms with Crippen molar-refractivity contribution in [2.24, 2.45) is 0 Å². The van der Waals surface area contributed by atoms with Crippen LogP contribution in [0, 0.1) is 0 Å². The number of fused-ring (bicyclic) bond motifs is 1. The summed E-state index contributed by atoms with van der Waals surface area (Å²) in [4.78, 5) is 24.7. The van der Waals surface area contributed by atoms with E-state index in [9.17, 15) is 27.9 Å². The molecule has 1 unspecified atom stereocenters. The number of thioether (sulfide) groups is 1. The molecule has 120 valence electrons. The molecular weight excluding hydrogens is 319 g/mol. The zero-order valence-electron chi connectivity index (χ0n) is 11.5. The van der Waals surface area contributed by atoms with Gasteiger partial charge in [0.1, 0.15) is 0 Å². The Balaban J connectivity index is 2.05. The predicted octanol–water partition coefficient (Wildman–Crippen LogP) is 2.49. The van der Waals surface area contributed by atoms with Crippen LogP contribution in [0.3, 0.4) is 0 Å². The van der Waals surface area contributed by atoms with E-state index < -0.39 is 29.7 Å². The monoisotopic (exact) mass is 333 g/mol. The molecule has 0 saturated heterocycles. The fraction of sp³-hybridized carbons (Fsp3) is 0.429. The van der Waals surface area contributed by atoms with Crippen LogP contribution in [-0.2, 0) is 16.1 Å². The van der Waals surface area contributed by atoms with Gasteiger partial charge in [0, 0.05) is 13.1 Å². The van der Waals surface area contributed by atoms with Crippen LogP contribution in [0.4, 0.5) is 13.2 Å². The Kier molecular flexibility index (Phi) is 5.00. The largest absolute Gasteiger partial charge is 0.481 e. The van der Waals surface area contributed by atoms with Gasteiger partial charge in [-0.25, -0.2) is 0 Å². The van der Waals surface area contributed by atoms with Crippen molar-refractivity contribution in [1.82, 2.24) is 4.90 Å². The first-order valence-corrected chi connectivity index (χ1v) is 7.66. The Hall–Kier alpha value is -1.70. The highest BCUT2D eigenvalue weighted by atomic mass is 32.2. The Labute approximate surface area is 129 Å². The van der Waals surface area contributed by atoms with E-state index in [1.165, 1.54) is 4.90 Å². The van der Waals surface area contributed by atoms with E-state index in [0.29, 0.717) is 17.3 Å². The lowest BCUT2D eigenvalue weighted by Crippen LogP contribution is -2.41. The van der Waals surface area contributed by atoms with E-state index in [-0.39, 0.29) is 18.8 Å². The molecule has 4 nitrogen and oxygen atoms in total. The molecule has 1 aromatic rings. The first kappa shape index (κ1) is 16.7. The molecule has 1 N–H and O–H groups in total. The fourth-order valence-electron chi connectivity index (χ4n) is 2.35. The minimum atomic E-state index is -4.32. The average Bonchev–Trinajstić information content (AvgIpc) is 2.44. The van der Waals surface area contributed by atoms with E-state index >= 15 is 0 Å². The number of carbonyl (C=O) groups is 2. The van der Waals surface area contributed by atoms with E-state index in [0.717, 1.165) is 5.56 Å². The van der Waals surface area contributed by atoms with Gasteiger partial charge in [-0.3, -0.25) is 9.59 Å². The minimum Gasteiger partial charge on any atom is -0.481 e. The maximum atomic E-state index is 12.1. The van der Waals surface area contributed by atoms with E-state index in [2.05, 4.69) is 0 Å². The standard InChI is InChI=1S/C14H14F3NO3S/c15-14(16,17)8-22-7-12(19)18-5-9-3-1-2-4-10(9)11(6-18)13(20)21/h1-4,11H,5-8H2,(H,20,21). The van der Waals surface area contributed by atoms with Crippen LogP contribution in [0.25, 0.3) is 0 Å². The minimum absolute atomic E-state index is 0.0161. The lowest BCUT2D eigenvalue weighted by molar-refractivity contribution is -0.140. The number of rotatable bonds is 4. The van der Waals surface area contributed by atoms with Gasteiger partial charge in [0.05, 0.1) is 17.4 Å². The Morgan fingerprint density at radius 2 is 2.00 bits per heavy atom. The van der Waals surface area contributed by atoms with Crippen molar-refractivity contribution < 1.29 is 27.9 Å². The molecule has 1 aromatic carbocycles. The second-order valence-corrected chi connectivity index (χ2v) is 5.96. The lowest BCUT2D eigenvalue weighted by atomic mass is 9.90. The first-order chi connectivity index (χ1) is 10.3. The molecule has 0 saturated carbocycles. The molecule has 0 spiro atoms. The van der Waals surface area contributed by atoms with Gasteiger partial charge in [0.2, 0.25) is 5.91 Å². The second-order valence-electron chi connectivity index (χ2n) is 4.97. The van der Waals surface area contributed by atoms with E-state index in [4.69, 9.17) is 0 Å². The summed E-state index contributed by atoms with van der Waals surface area (Å²) in [5.74, 6) is -3.77. The molecule has 22 heavy (non-hydrogen) atoms. The van der Waals surface area contributed by atoms with Crippen molar-refractivity contribution in [2.75, 3.05) is 18.1 Å². The van der Waals surface area contributed by atoms with Crippen molar-refractivity contribution >= 4 is 23.6 Å². The Morgan fingerprint density at radius 1 is 1.32 bits per heavy atom. The third-order valence-corrected chi connectivity index (χ3v) is 4.32. The molecule has 1 heterocycles. The summed E-state index contributed by atoms with van der Waals surface area (Å²) in [5.41, 5.74) is 1.37. The molecule has 1 atom stereocenters. The van der Waals surface area contributed by atoms with Gasteiger partial charge in [-0.05, 0) is 11.1 Å². The molecule has 0 fully saturated rings. The molecule has 0 aromatic heterocycles. The van der Waals surface area contributed by atoms with Crippen molar-refractivity contribution in [2.45, 2.75) is 18.6 Å². The molecule has 2 rings (SSSR count). The highest BCUT2D eigenvalue weighted by Gasteiger charge is 2.33. The third-order valence-electron chi connectivity index (χ3n) is 3.34. The van der Waals surface area contributed by atoms with Crippen LogP contribution in [0.1, 0.15) is 17.0 Å².